The first-order valence-electron chi connectivity index (χ1n) is 7.14. The highest BCUT2D eigenvalue weighted by Crippen LogP contribution is 2.30. The molecule has 5 nitrogen and oxygen atoms in total. The topological polar surface area (TPSA) is 70.5 Å². The van der Waals surface area contributed by atoms with Crippen molar-refractivity contribution in [3.05, 3.63) is 40.9 Å². The third kappa shape index (κ3) is 2.62. The number of hydrogen-bond donors (Lipinski definition) is 1. The first-order chi connectivity index (χ1) is 10.6. The second kappa shape index (κ2) is 5.88. The van der Waals surface area contributed by atoms with E-state index in [4.69, 9.17) is 0 Å². The molecule has 2 aromatic rings. The van der Waals surface area contributed by atoms with Crippen LogP contribution in [0, 0.1) is 6.92 Å². The monoisotopic (exact) mass is 316 g/mol. The highest BCUT2D eigenvalue weighted by Gasteiger charge is 2.35. The number of aliphatic carboxylic acids is 1. The molecule has 0 saturated carbocycles. The Morgan fingerprint density at radius 2 is 2.05 bits per heavy atom. The van der Waals surface area contributed by atoms with Gasteiger partial charge in [0.25, 0.3) is 5.91 Å². The highest BCUT2D eigenvalue weighted by atomic mass is 32.1. The minimum atomic E-state index is -0.934. The van der Waals surface area contributed by atoms with E-state index in [1.165, 1.54) is 16.2 Å². The van der Waals surface area contributed by atoms with Gasteiger partial charge in [0.05, 0.1) is 5.69 Å². The third-order valence-corrected chi connectivity index (χ3v) is 5.00. The van der Waals surface area contributed by atoms with Crippen LogP contribution in [0.25, 0.3) is 10.6 Å². The zero-order valence-electron chi connectivity index (χ0n) is 12.2. The first-order valence-corrected chi connectivity index (χ1v) is 7.96. The summed E-state index contributed by atoms with van der Waals surface area (Å²) in [5, 5.41) is 10.0. The number of carboxylic acid groups (broad SMARTS) is 1. The van der Waals surface area contributed by atoms with Crippen LogP contribution < -0.4 is 0 Å². The molecule has 1 aliphatic heterocycles. The maximum Gasteiger partial charge on any atom is 0.326 e. The van der Waals surface area contributed by atoms with E-state index >= 15 is 0 Å². The Morgan fingerprint density at radius 3 is 2.73 bits per heavy atom. The summed E-state index contributed by atoms with van der Waals surface area (Å²) in [6.45, 7) is 2.29. The van der Waals surface area contributed by atoms with Gasteiger partial charge in [0, 0.05) is 12.1 Å². The van der Waals surface area contributed by atoms with Crippen molar-refractivity contribution in [3.8, 4) is 10.6 Å². The van der Waals surface area contributed by atoms with Crippen LogP contribution in [0.3, 0.4) is 0 Å². The van der Waals surface area contributed by atoms with Crippen molar-refractivity contribution in [1.82, 2.24) is 9.88 Å². The molecule has 2 heterocycles. The second-order valence-electron chi connectivity index (χ2n) is 5.29. The number of likely N-dealkylation sites (tertiary alicyclic amines) is 1. The van der Waals surface area contributed by atoms with Crippen LogP contribution in [-0.2, 0) is 4.79 Å². The summed E-state index contributed by atoms with van der Waals surface area (Å²) in [5.41, 5.74) is 1.62. The molecule has 0 bridgehead atoms. The Balaban J connectivity index is 1.91. The van der Waals surface area contributed by atoms with E-state index in [-0.39, 0.29) is 5.91 Å². The normalized spacial score (nSPS) is 17.7. The van der Waals surface area contributed by atoms with Crippen LogP contribution in [0.2, 0.25) is 0 Å². The van der Waals surface area contributed by atoms with Crippen molar-refractivity contribution in [2.75, 3.05) is 6.54 Å². The molecule has 0 spiro atoms. The summed E-state index contributed by atoms with van der Waals surface area (Å²) in [7, 11) is 0. The summed E-state index contributed by atoms with van der Waals surface area (Å²) < 4.78 is 0. The smallest absolute Gasteiger partial charge is 0.326 e. The van der Waals surface area contributed by atoms with Crippen LogP contribution >= 0.6 is 11.3 Å². The summed E-state index contributed by atoms with van der Waals surface area (Å²) >= 11 is 1.33. The molecule has 0 radical (unpaired) electrons. The fourth-order valence-corrected chi connectivity index (χ4v) is 3.72. The maximum absolute atomic E-state index is 12.7. The number of carboxylic acids is 1. The maximum atomic E-state index is 12.7. The van der Waals surface area contributed by atoms with E-state index in [1.54, 1.807) is 6.92 Å². The van der Waals surface area contributed by atoms with Crippen molar-refractivity contribution in [3.63, 3.8) is 0 Å². The highest BCUT2D eigenvalue weighted by molar-refractivity contribution is 7.17. The number of aromatic nitrogens is 1. The number of aryl methyl sites for hydroxylation is 1. The largest absolute Gasteiger partial charge is 0.480 e. The molecule has 1 aliphatic rings. The number of benzene rings is 1. The van der Waals surface area contributed by atoms with Gasteiger partial charge in [0.1, 0.15) is 15.9 Å². The minimum Gasteiger partial charge on any atom is -0.480 e. The Labute approximate surface area is 132 Å². The number of carbonyl (C=O) groups is 2. The predicted octanol–water partition coefficient (Wildman–Crippen LogP) is 2.81. The van der Waals surface area contributed by atoms with Gasteiger partial charge in [-0.15, -0.1) is 11.3 Å². The molecule has 1 aromatic heterocycles. The summed E-state index contributed by atoms with van der Waals surface area (Å²) in [6.07, 6.45) is 1.25. The van der Waals surface area contributed by atoms with Crippen molar-refractivity contribution >= 4 is 23.2 Å². The molecule has 1 fully saturated rings. The number of carbonyl (C=O) groups excluding carboxylic acids is 1. The lowest BCUT2D eigenvalue weighted by atomic mass is 10.2. The molecule has 0 aliphatic carbocycles. The molecule has 1 atom stereocenters. The first kappa shape index (κ1) is 14.7. The zero-order valence-corrected chi connectivity index (χ0v) is 13.0. The molecule has 1 N–H and O–H groups in total. The number of hydrogen-bond acceptors (Lipinski definition) is 4. The van der Waals surface area contributed by atoms with E-state index in [2.05, 4.69) is 4.98 Å². The molecule has 22 heavy (non-hydrogen) atoms. The lowest BCUT2D eigenvalue weighted by Crippen LogP contribution is -2.40. The SMILES string of the molecule is Cc1nc(-c2ccccc2)sc1C(=O)N1CCC[C@@H]1C(=O)O. The summed E-state index contributed by atoms with van der Waals surface area (Å²) in [5.74, 6) is -1.15. The van der Waals surface area contributed by atoms with Gasteiger partial charge in [-0.2, -0.15) is 0 Å². The van der Waals surface area contributed by atoms with Crippen molar-refractivity contribution in [1.29, 1.82) is 0 Å². The van der Waals surface area contributed by atoms with Crippen LogP contribution in [0.1, 0.15) is 28.2 Å². The number of nitrogens with zero attached hydrogens (tertiary/aromatic N) is 2. The summed E-state index contributed by atoms with van der Waals surface area (Å²) in [4.78, 5) is 30.4. The van der Waals surface area contributed by atoms with Crippen LogP contribution in [0.4, 0.5) is 0 Å². The van der Waals surface area contributed by atoms with E-state index in [0.717, 1.165) is 17.0 Å². The Morgan fingerprint density at radius 1 is 1.32 bits per heavy atom. The fraction of sp³-hybridized carbons (Fsp3) is 0.312. The van der Waals surface area contributed by atoms with Gasteiger partial charge < -0.3 is 10.0 Å². The molecule has 3 rings (SSSR count). The third-order valence-electron chi connectivity index (χ3n) is 3.81. The van der Waals surface area contributed by atoms with Gasteiger partial charge >= 0.3 is 5.97 Å². The van der Waals surface area contributed by atoms with Gasteiger partial charge in [-0.25, -0.2) is 9.78 Å². The quantitative estimate of drug-likeness (QED) is 0.945. The standard InChI is InChI=1S/C16H16N2O3S/c1-10-13(15(19)18-9-5-8-12(18)16(20)21)22-14(17-10)11-6-3-2-4-7-11/h2-4,6-7,12H,5,8-9H2,1H3,(H,20,21)/t12-/m1/s1. The Bertz CT molecular complexity index is 711. The average molecular weight is 316 g/mol. The molecule has 114 valence electrons. The number of rotatable bonds is 3. The van der Waals surface area contributed by atoms with Gasteiger partial charge in [-0.05, 0) is 19.8 Å². The lowest BCUT2D eigenvalue weighted by Gasteiger charge is -2.20. The van der Waals surface area contributed by atoms with Gasteiger partial charge in [-0.3, -0.25) is 4.79 Å². The molecule has 1 aromatic carbocycles. The van der Waals surface area contributed by atoms with Crippen molar-refractivity contribution in [2.24, 2.45) is 0 Å². The van der Waals surface area contributed by atoms with E-state index in [0.29, 0.717) is 23.5 Å². The van der Waals surface area contributed by atoms with Gasteiger partial charge in [0.15, 0.2) is 0 Å². The second-order valence-corrected chi connectivity index (χ2v) is 6.29. The van der Waals surface area contributed by atoms with E-state index in [9.17, 15) is 14.7 Å². The molecule has 6 heteroatoms. The summed E-state index contributed by atoms with van der Waals surface area (Å²) in [6, 6.07) is 8.96. The van der Waals surface area contributed by atoms with Crippen molar-refractivity contribution in [2.45, 2.75) is 25.8 Å². The lowest BCUT2D eigenvalue weighted by molar-refractivity contribution is -0.141. The fourth-order valence-electron chi connectivity index (χ4n) is 2.70. The van der Waals surface area contributed by atoms with Crippen LogP contribution in [0.5, 0.6) is 0 Å². The molecular weight excluding hydrogens is 300 g/mol. The molecule has 0 unspecified atom stereocenters. The van der Waals surface area contributed by atoms with Gasteiger partial charge in [0.2, 0.25) is 0 Å². The number of thiazole rings is 1. The minimum absolute atomic E-state index is 0.220. The zero-order chi connectivity index (χ0) is 15.7. The predicted molar refractivity (Wildman–Crippen MR) is 84.0 cm³/mol. The Kier molecular flexibility index (Phi) is 3.94. The Hall–Kier alpha value is -2.21. The molecule has 1 saturated heterocycles. The molecule has 1 amide bonds. The average Bonchev–Trinajstić information content (AvgIpc) is 3.14. The number of amides is 1. The van der Waals surface area contributed by atoms with Crippen molar-refractivity contribution < 1.29 is 14.7 Å². The van der Waals surface area contributed by atoms with Crippen LogP contribution in [0.15, 0.2) is 30.3 Å². The van der Waals surface area contributed by atoms with Gasteiger partial charge in [-0.1, -0.05) is 30.3 Å². The van der Waals surface area contributed by atoms with E-state index in [1.807, 2.05) is 30.3 Å². The molecular formula is C16H16N2O3S. The van der Waals surface area contributed by atoms with Crippen LogP contribution in [-0.4, -0.2) is 39.5 Å². The van der Waals surface area contributed by atoms with E-state index < -0.39 is 12.0 Å².